The predicted molar refractivity (Wildman–Crippen MR) is 54.0 cm³/mol. The number of hydrogen-bond donors (Lipinski definition) is 2. The van der Waals surface area contributed by atoms with Crippen LogP contribution in [0.4, 0.5) is 0 Å². The van der Waals surface area contributed by atoms with Crippen LogP contribution in [-0.2, 0) is 10.1 Å². The average molecular weight is 228 g/mol. The lowest BCUT2D eigenvalue weighted by Gasteiger charge is -2.02. The number of carbonyl (C=O) groups is 1. The minimum Gasteiger partial charge on any atom is -0.351 e. The van der Waals surface area contributed by atoms with Crippen LogP contribution in [0.5, 0.6) is 0 Å². The van der Waals surface area contributed by atoms with Crippen molar-refractivity contribution in [1.82, 2.24) is 5.32 Å². The Labute approximate surface area is 87.9 Å². The molecular formula is C9H10NO4S. The molecule has 0 aliphatic rings. The highest BCUT2D eigenvalue weighted by atomic mass is 32.2. The van der Waals surface area contributed by atoms with E-state index < -0.39 is 21.8 Å². The van der Waals surface area contributed by atoms with Gasteiger partial charge in [-0.1, -0.05) is 12.1 Å². The Morgan fingerprint density at radius 3 is 2.80 bits per heavy atom. The summed E-state index contributed by atoms with van der Waals surface area (Å²) in [5, 5.41) is 2.36. The van der Waals surface area contributed by atoms with Crippen LogP contribution in [0.2, 0.25) is 0 Å². The largest absolute Gasteiger partial charge is 0.351 e. The maximum absolute atomic E-state index is 11.3. The molecule has 0 saturated carbocycles. The summed E-state index contributed by atoms with van der Waals surface area (Å²) in [5.74, 6) is -0.884. The maximum atomic E-state index is 11.3. The summed E-state index contributed by atoms with van der Waals surface area (Å²) in [4.78, 5) is 11.3. The molecule has 81 valence electrons. The zero-order chi connectivity index (χ0) is 11.3. The minimum absolute atomic E-state index is 0.118. The molecule has 0 heterocycles. The van der Waals surface area contributed by atoms with Crippen LogP contribution in [0, 0.1) is 6.07 Å². The van der Waals surface area contributed by atoms with Gasteiger partial charge in [0.2, 0.25) is 0 Å². The summed E-state index contributed by atoms with van der Waals surface area (Å²) in [6.45, 7) is -0.118. The van der Waals surface area contributed by atoms with Gasteiger partial charge in [-0.2, -0.15) is 8.42 Å². The molecular weight excluding hydrogens is 218 g/mol. The molecule has 5 nitrogen and oxygen atoms in total. The van der Waals surface area contributed by atoms with Crippen LogP contribution in [0.3, 0.4) is 0 Å². The number of carbonyl (C=O) groups excluding carboxylic acids is 1. The number of hydrogen-bond acceptors (Lipinski definition) is 3. The fraction of sp³-hybridized carbons (Fsp3) is 0.222. The first-order valence-corrected chi connectivity index (χ1v) is 5.79. The fourth-order valence-electron chi connectivity index (χ4n) is 0.930. The van der Waals surface area contributed by atoms with Crippen LogP contribution in [0.25, 0.3) is 0 Å². The van der Waals surface area contributed by atoms with Gasteiger partial charge in [0.05, 0.1) is 5.75 Å². The highest BCUT2D eigenvalue weighted by Gasteiger charge is 2.07. The third-order valence-corrected chi connectivity index (χ3v) is 2.33. The Hall–Kier alpha value is -1.40. The quantitative estimate of drug-likeness (QED) is 0.716. The van der Waals surface area contributed by atoms with Gasteiger partial charge in [0.1, 0.15) is 0 Å². The molecule has 1 radical (unpaired) electrons. The van der Waals surface area contributed by atoms with Crippen molar-refractivity contribution in [2.24, 2.45) is 0 Å². The summed E-state index contributed by atoms with van der Waals surface area (Å²) in [5.41, 5.74) is 0.396. The number of benzene rings is 1. The average Bonchev–Trinajstić information content (AvgIpc) is 2.17. The fourth-order valence-corrected chi connectivity index (χ4v) is 1.29. The molecule has 0 fully saturated rings. The molecule has 0 aliphatic carbocycles. The molecule has 0 spiro atoms. The standard InChI is InChI=1S/C9H10NO4S/c11-9(8-4-2-1-3-5-8)10-6-7-15(12,13)14/h1-2,4-5H,6-7H2,(H,10,11)(H,12,13,14). The van der Waals surface area contributed by atoms with Gasteiger partial charge in [-0.15, -0.1) is 0 Å². The number of nitrogens with one attached hydrogen (secondary N) is 1. The lowest BCUT2D eigenvalue weighted by molar-refractivity contribution is 0.0956. The van der Waals surface area contributed by atoms with Crippen molar-refractivity contribution >= 4 is 16.0 Å². The predicted octanol–water partition coefficient (Wildman–Crippen LogP) is 0.104. The second-order valence-electron chi connectivity index (χ2n) is 2.83. The minimum atomic E-state index is -4.02. The summed E-state index contributed by atoms with van der Waals surface area (Å²) in [6.07, 6.45) is 0. The molecule has 15 heavy (non-hydrogen) atoms. The normalized spacial score (nSPS) is 11.0. The molecule has 1 amide bonds. The summed E-state index contributed by atoms with van der Waals surface area (Å²) in [7, 11) is -4.02. The summed E-state index contributed by atoms with van der Waals surface area (Å²) < 4.78 is 29.1. The van der Waals surface area contributed by atoms with Gasteiger partial charge < -0.3 is 5.32 Å². The smallest absolute Gasteiger partial charge is 0.266 e. The van der Waals surface area contributed by atoms with E-state index in [-0.39, 0.29) is 6.54 Å². The van der Waals surface area contributed by atoms with Crippen molar-refractivity contribution in [1.29, 1.82) is 0 Å². The van der Waals surface area contributed by atoms with Gasteiger partial charge in [-0.25, -0.2) is 0 Å². The molecule has 0 saturated heterocycles. The molecule has 2 N–H and O–H groups in total. The van der Waals surface area contributed by atoms with E-state index in [0.29, 0.717) is 5.56 Å². The van der Waals surface area contributed by atoms with Crippen LogP contribution in [-0.4, -0.2) is 31.2 Å². The lowest BCUT2D eigenvalue weighted by Crippen LogP contribution is -2.28. The van der Waals surface area contributed by atoms with Crippen molar-refractivity contribution in [3.63, 3.8) is 0 Å². The van der Waals surface area contributed by atoms with Gasteiger partial charge in [0, 0.05) is 12.1 Å². The monoisotopic (exact) mass is 228 g/mol. The Morgan fingerprint density at radius 1 is 1.53 bits per heavy atom. The third kappa shape index (κ3) is 4.57. The van der Waals surface area contributed by atoms with Crippen molar-refractivity contribution in [3.05, 3.63) is 35.9 Å². The summed E-state index contributed by atoms with van der Waals surface area (Å²) in [6, 6.07) is 9.09. The molecule has 1 rings (SSSR count). The highest BCUT2D eigenvalue weighted by molar-refractivity contribution is 7.85. The van der Waals surface area contributed by atoms with Crippen LogP contribution >= 0.6 is 0 Å². The molecule has 0 aromatic heterocycles. The van der Waals surface area contributed by atoms with Gasteiger partial charge in [0.25, 0.3) is 16.0 Å². The Bertz CT molecular complexity index is 427. The van der Waals surface area contributed by atoms with Gasteiger partial charge in [0.15, 0.2) is 0 Å². The van der Waals surface area contributed by atoms with Gasteiger partial charge in [-0.3, -0.25) is 9.35 Å². The Kier molecular flexibility index (Phi) is 3.81. The lowest BCUT2D eigenvalue weighted by atomic mass is 10.2. The molecule has 1 aromatic carbocycles. The van der Waals surface area contributed by atoms with Crippen molar-refractivity contribution < 1.29 is 17.8 Å². The summed E-state index contributed by atoms with van der Waals surface area (Å²) >= 11 is 0. The molecule has 0 unspecified atom stereocenters. The van der Waals surface area contributed by atoms with Crippen LogP contribution < -0.4 is 5.32 Å². The van der Waals surface area contributed by atoms with E-state index in [9.17, 15) is 13.2 Å². The SMILES string of the molecule is O=C(NCCS(=O)(=O)O)c1c[c]ccc1. The number of rotatable bonds is 4. The Balaban J connectivity index is 2.45. The van der Waals surface area contributed by atoms with Crippen molar-refractivity contribution in [3.8, 4) is 0 Å². The second-order valence-corrected chi connectivity index (χ2v) is 4.41. The van der Waals surface area contributed by atoms with E-state index in [4.69, 9.17) is 4.55 Å². The Morgan fingerprint density at radius 2 is 2.27 bits per heavy atom. The molecule has 0 aliphatic heterocycles. The zero-order valence-electron chi connectivity index (χ0n) is 7.80. The first-order chi connectivity index (χ1) is 6.99. The van der Waals surface area contributed by atoms with Crippen molar-refractivity contribution in [2.45, 2.75) is 0 Å². The van der Waals surface area contributed by atoms with Gasteiger partial charge >= 0.3 is 0 Å². The molecule has 6 heteroatoms. The van der Waals surface area contributed by atoms with E-state index in [0.717, 1.165) is 0 Å². The topological polar surface area (TPSA) is 83.5 Å². The van der Waals surface area contributed by atoms with Crippen LogP contribution in [0.15, 0.2) is 24.3 Å². The first-order valence-electron chi connectivity index (χ1n) is 4.18. The molecule has 0 bridgehead atoms. The van der Waals surface area contributed by atoms with E-state index in [1.807, 2.05) is 0 Å². The van der Waals surface area contributed by atoms with Crippen molar-refractivity contribution in [2.75, 3.05) is 12.3 Å². The highest BCUT2D eigenvalue weighted by Crippen LogP contribution is 1.96. The van der Waals surface area contributed by atoms with Crippen LogP contribution in [0.1, 0.15) is 10.4 Å². The van der Waals surface area contributed by atoms with E-state index in [1.54, 1.807) is 18.2 Å². The van der Waals surface area contributed by atoms with Gasteiger partial charge in [-0.05, 0) is 18.2 Å². The van der Waals surface area contributed by atoms with E-state index in [1.165, 1.54) is 6.07 Å². The van der Waals surface area contributed by atoms with E-state index >= 15 is 0 Å². The first kappa shape index (κ1) is 11.7. The van der Waals surface area contributed by atoms with E-state index in [2.05, 4.69) is 11.4 Å². The second kappa shape index (κ2) is 4.90. The zero-order valence-corrected chi connectivity index (χ0v) is 8.62. The molecule has 0 atom stereocenters. The third-order valence-electron chi connectivity index (χ3n) is 1.61. The molecule has 1 aromatic rings. The number of amides is 1. The maximum Gasteiger partial charge on any atom is 0.266 e.